The van der Waals surface area contributed by atoms with E-state index in [0.29, 0.717) is 21.9 Å². The van der Waals surface area contributed by atoms with Gasteiger partial charge in [-0.3, -0.25) is 14.5 Å². The molecule has 1 aliphatic rings. The lowest BCUT2D eigenvalue weighted by molar-refractivity contribution is -0.117. The van der Waals surface area contributed by atoms with E-state index in [1.54, 1.807) is 29.6 Å². The Labute approximate surface area is 180 Å². The van der Waals surface area contributed by atoms with Gasteiger partial charge in [-0.05, 0) is 47.3 Å². The first-order chi connectivity index (χ1) is 14.4. The maximum Gasteiger partial charge on any atom is 0.294 e. The van der Waals surface area contributed by atoms with Gasteiger partial charge in [0.15, 0.2) is 5.76 Å². The van der Waals surface area contributed by atoms with Gasteiger partial charge in [-0.2, -0.15) is 0 Å². The topological polar surface area (TPSA) is 66.8 Å². The molecule has 1 aliphatic heterocycles. The highest BCUT2D eigenvalue weighted by atomic mass is 35.5. The number of thiophene rings is 1. The van der Waals surface area contributed by atoms with Crippen molar-refractivity contribution < 1.29 is 23.8 Å². The highest BCUT2D eigenvalue weighted by molar-refractivity contribution is 7.12. The maximum atomic E-state index is 13.5. The van der Waals surface area contributed by atoms with E-state index < -0.39 is 29.3 Å². The number of hydrogen-bond donors (Lipinski definition) is 1. The molecule has 1 unspecified atom stereocenters. The zero-order chi connectivity index (χ0) is 21.4. The molecule has 152 valence electrons. The van der Waals surface area contributed by atoms with E-state index >= 15 is 0 Å². The number of Topliss-reactive ketones (excluding diaryl/α,β-unsaturated/α-hetero) is 1. The van der Waals surface area contributed by atoms with Gasteiger partial charge in [0.2, 0.25) is 5.78 Å². The third-order valence-electron chi connectivity index (χ3n) is 4.80. The normalized spacial score (nSPS) is 16.3. The Morgan fingerprint density at radius 3 is 2.53 bits per heavy atom. The van der Waals surface area contributed by atoms with E-state index in [2.05, 4.69) is 0 Å². The van der Waals surface area contributed by atoms with Crippen molar-refractivity contribution in [3.63, 3.8) is 0 Å². The van der Waals surface area contributed by atoms with Crippen molar-refractivity contribution in [2.24, 2.45) is 0 Å². The van der Waals surface area contributed by atoms with Gasteiger partial charge < -0.3 is 9.84 Å². The van der Waals surface area contributed by atoms with Gasteiger partial charge in [-0.25, -0.2) is 4.39 Å². The Hall–Kier alpha value is -3.16. The number of aliphatic hydroxyl groups is 1. The average molecular weight is 444 g/mol. The number of amides is 1. The lowest BCUT2D eigenvalue weighted by Gasteiger charge is -2.27. The van der Waals surface area contributed by atoms with E-state index in [4.69, 9.17) is 16.3 Å². The van der Waals surface area contributed by atoms with Crippen LogP contribution in [0.25, 0.3) is 0 Å². The summed E-state index contributed by atoms with van der Waals surface area (Å²) >= 11 is 7.44. The molecule has 4 rings (SSSR count). The summed E-state index contributed by atoms with van der Waals surface area (Å²) in [5.74, 6) is -1.90. The summed E-state index contributed by atoms with van der Waals surface area (Å²) in [5.41, 5.74) is 0.766. The van der Waals surface area contributed by atoms with Crippen molar-refractivity contribution in [2.45, 2.75) is 6.04 Å². The third kappa shape index (κ3) is 3.36. The summed E-state index contributed by atoms with van der Waals surface area (Å²) < 4.78 is 18.7. The van der Waals surface area contributed by atoms with Crippen LogP contribution in [-0.4, -0.2) is 23.9 Å². The molecule has 30 heavy (non-hydrogen) atoms. The second kappa shape index (κ2) is 7.93. The van der Waals surface area contributed by atoms with Gasteiger partial charge in [-0.1, -0.05) is 29.8 Å². The number of ketones is 1. The van der Waals surface area contributed by atoms with Gasteiger partial charge in [0.05, 0.1) is 28.6 Å². The zero-order valence-corrected chi connectivity index (χ0v) is 17.2. The minimum atomic E-state index is -0.947. The Balaban J connectivity index is 1.87. The summed E-state index contributed by atoms with van der Waals surface area (Å²) in [6.45, 7) is 0. The lowest BCUT2D eigenvalue weighted by atomic mass is 9.95. The van der Waals surface area contributed by atoms with Crippen molar-refractivity contribution in [3.8, 4) is 5.75 Å². The molecule has 0 saturated carbocycles. The molecule has 2 heterocycles. The van der Waals surface area contributed by atoms with Gasteiger partial charge in [0.1, 0.15) is 11.6 Å². The second-order valence-electron chi connectivity index (χ2n) is 6.52. The van der Waals surface area contributed by atoms with Crippen LogP contribution in [0.4, 0.5) is 10.1 Å². The lowest BCUT2D eigenvalue weighted by Crippen LogP contribution is -2.31. The Morgan fingerprint density at radius 2 is 1.93 bits per heavy atom. The van der Waals surface area contributed by atoms with E-state index in [9.17, 15) is 19.1 Å². The van der Waals surface area contributed by atoms with Gasteiger partial charge in [-0.15, -0.1) is 11.3 Å². The number of rotatable bonds is 5. The Bertz CT molecular complexity index is 1160. The molecule has 5 nitrogen and oxygen atoms in total. The molecule has 0 aliphatic carbocycles. The van der Waals surface area contributed by atoms with Crippen molar-refractivity contribution in [1.82, 2.24) is 0 Å². The van der Waals surface area contributed by atoms with Crippen LogP contribution < -0.4 is 9.64 Å². The van der Waals surface area contributed by atoms with Crippen LogP contribution in [0.15, 0.2) is 71.3 Å². The molecule has 0 saturated heterocycles. The fourth-order valence-corrected chi connectivity index (χ4v) is 4.34. The summed E-state index contributed by atoms with van der Waals surface area (Å²) in [4.78, 5) is 27.8. The molecule has 1 atom stereocenters. The number of carbonyl (C=O) groups excluding carboxylic acids is 2. The molecule has 1 N–H and O–H groups in total. The molecule has 3 aromatic rings. The fourth-order valence-electron chi connectivity index (χ4n) is 3.41. The molecular formula is C22H15ClFNO4S. The molecule has 0 spiro atoms. The number of ether oxygens (including phenoxy) is 1. The fraction of sp³-hybridized carbons (Fsp3) is 0.0909. The van der Waals surface area contributed by atoms with Crippen molar-refractivity contribution >= 4 is 40.3 Å². The maximum absolute atomic E-state index is 13.5. The van der Waals surface area contributed by atoms with Crippen molar-refractivity contribution in [2.75, 3.05) is 12.0 Å². The first-order valence-corrected chi connectivity index (χ1v) is 10.1. The monoisotopic (exact) mass is 443 g/mol. The summed E-state index contributed by atoms with van der Waals surface area (Å²) in [6.07, 6.45) is 0. The van der Waals surface area contributed by atoms with Crippen LogP contribution in [0, 0.1) is 5.82 Å². The minimum absolute atomic E-state index is 0.0685. The number of carbonyl (C=O) groups is 2. The Kier molecular flexibility index (Phi) is 5.32. The molecule has 1 amide bonds. The first-order valence-electron chi connectivity index (χ1n) is 8.86. The number of halogens is 2. The quantitative estimate of drug-likeness (QED) is 0.541. The largest absolute Gasteiger partial charge is 0.503 e. The molecular weight excluding hydrogens is 429 g/mol. The molecule has 2 aromatic carbocycles. The number of methoxy groups -OCH3 is 1. The molecule has 8 heteroatoms. The van der Waals surface area contributed by atoms with E-state index in [1.807, 2.05) is 0 Å². The summed E-state index contributed by atoms with van der Waals surface area (Å²) in [7, 11) is 1.47. The first kappa shape index (κ1) is 20.1. The average Bonchev–Trinajstić information content (AvgIpc) is 3.36. The van der Waals surface area contributed by atoms with Crippen molar-refractivity contribution in [3.05, 3.63) is 92.6 Å². The van der Waals surface area contributed by atoms with E-state index in [-0.39, 0.29) is 10.6 Å². The third-order valence-corrected chi connectivity index (χ3v) is 5.96. The smallest absolute Gasteiger partial charge is 0.294 e. The Morgan fingerprint density at radius 1 is 1.20 bits per heavy atom. The van der Waals surface area contributed by atoms with Crippen molar-refractivity contribution in [1.29, 1.82) is 0 Å². The molecule has 0 bridgehead atoms. The SMILES string of the molecule is COc1ccc(N2C(=O)C(O)=C(C(=O)c3cccs3)C2c2ccc(F)cc2)cc1Cl. The number of aliphatic hydroxyl groups excluding tert-OH is 1. The predicted molar refractivity (Wildman–Crippen MR) is 113 cm³/mol. The minimum Gasteiger partial charge on any atom is -0.503 e. The van der Waals surface area contributed by atoms with Crippen LogP contribution in [0.3, 0.4) is 0 Å². The summed E-state index contributed by atoms with van der Waals surface area (Å²) in [6, 6.07) is 12.5. The number of benzene rings is 2. The predicted octanol–water partition coefficient (Wildman–Crippen LogP) is 5.33. The number of nitrogens with zero attached hydrogens (tertiary/aromatic N) is 1. The highest BCUT2D eigenvalue weighted by Crippen LogP contribution is 2.43. The molecule has 1 aromatic heterocycles. The van der Waals surface area contributed by atoms with E-state index in [1.165, 1.54) is 53.7 Å². The van der Waals surface area contributed by atoms with E-state index in [0.717, 1.165) is 0 Å². The molecule has 0 radical (unpaired) electrons. The standard InChI is InChI=1S/C22H15ClFNO4S/c1-29-16-9-8-14(11-15(16)23)25-19(12-4-6-13(24)7-5-12)18(21(27)22(25)28)20(26)17-3-2-10-30-17/h2-11,19,27H,1H3. The van der Waals surface area contributed by atoms with Crippen LogP contribution in [-0.2, 0) is 4.79 Å². The van der Waals surface area contributed by atoms with Gasteiger partial charge in [0.25, 0.3) is 5.91 Å². The second-order valence-corrected chi connectivity index (χ2v) is 7.87. The van der Waals surface area contributed by atoms with Gasteiger partial charge >= 0.3 is 0 Å². The van der Waals surface area contributed by atoms with Crippen LogP contribution in [0.2, 0.25) is 5.02 Å². The molecule has 0 fully saturated rings. The zero-order valence-electron chi connectivity index (χ0n) is 15.6. The number of anilines is 1. The van der Waals surface area contributed by atoms with Crippen LogP contribution in [0.5, 0.6) is 5.75 Å². The van der Waals surface area contributed by atoms with Crippen LogP contribution in [0.1, 0.15) is 21.3 Å². The van der Waals surface area contributed by atoms with Gasteiger partial charge in [0, 0.05) is 5.69 Å². The highest BCUT2D eigenvalue weighted by Gasteiger charge is 2.45. The van der Waals surface area contributed by atoms with Crippen LogP contribution >= 0.6 is 22.9 Å². The summed E-state index contributed by atoms with van der Waals surface area (Å²) in [5, 5.41) is 12.6. The number of hydrogen-bond acceptors (Lipinski definition) is 5.